The highest BCUT2D eigenvalue weighted by molar-refractivity contribution is 6.30. The highest BCUT2D eigenvalue weighted by Crippen LogP contribution is 2.24. The molecule has 1 amide bonds. The van der Waals surface area contributed by atoms with Crippen LogP contribution in [0, 0.1) is 11.3 Å². The van der Waals surface area contributed by atoms with Crippen LogP contribution in [0.2, 0.25) is 5.02 Å². The Hall–Kier alpha value is -1.06. The van der Waals surface area contributed by atoms with Crippen molar-refractivity contribution >= 4 is 17.5 Å². The van der Waals surface area contributed by atoms with Gasteiger partial charge in [-0.05, 0) is 55.5 Å². The van der Waals surface area contributed by atoms with Gasteiger partial charge in [0.2, 0.25) is 5.91 Å². The second kappa shape index (κ2) is 7.47. The van der Waals surface area contributed by atoms with Gasteiger partial charge in [-0.3, -0.25) is 4.79 Å². The maximum absolute atomic E-state index is 12.5. The molecule has 0 radical (unpaired) electrons. The molecule has 4 heteroatoms. The first kappa shape index (κ1) is 17.3. The third-order valence-electron chi connectivity index (χ3n) is 4.42. The van der Waals surface area contributed by atoms with Crippen molar-refractivity contribution in [3.8, 4) is 0 Å². The Balaban J connectivity index is 2.02. The monoisotopic (exact) mass is 322 g/mol. The van der Waals surface area contributed by atoms with Crippen molar-refractivity contribution in [2.24, 2.45) is 11.3 Å². The van der Waals surface area contributed by atoms with Crippen molar-refractivity contribution in [2.75, 3.05) is 13.1 Å². The normalized spacial score (nSPS) is 18.0. The van der Waals surface area contributed by atoms with Gasteiger partial charge < -0.3 is 10.6 Å². The summed E-state index contributed by atoms with van der Waals surface area (Å²) in [6.07, 6.45) is 2.70. The SMILES string of the molecule is CC(C)(C)[C@H](Cc1ccc(Cl)cc1)NC(=O)C1CCNCC1. The van der Waals surface area contributed by atoms with Gasteiger partial charge in [0, 0.05) is 17.0 Å². The number of hydrogen-bond acceptors (Lipinski definition) is 2. The first-order valence-corrected chi connectivity index (χ1v) is 8.49. The molecule has 1 heterocycles. The van der Waals surface area contributed by atoms with Crippen LogP contribution >= 0.6 is 11.6 Å². The first-order valence-electron chi connectivity index (χ1n) is 8.12. The third kappa shape index (κ3) is 4.99. The van der Waals surface area contributed by atoms with E-state index in [1.807, 2.05) is 24.3 Å². The number of piperidine rings is 1. The standard InChI is InChI=1S/C18H27ClN2O/c1-18(2,3)16(12-13-4-6-15(19)7-5-13)21-17(22)14-8-10-20-11-9-14/h4-7,14,16,20H,8-12H2,1-3H3,(H,21,22)/t16-/m0/s1. The molecular weight excluding hydrogens is 296 g/mol. The van der Waals surface area contributed by atoms with Crippen LogP contribution in [-0.2, 0) is 11.2 Å². The number of carbonyl (C=O) groups is 1. The average molecular weight is 323 g/mol. The van der Waals surface area contributed by atoms with E-state index in [2.05, 4.69) is 31.4 Å². The van der Waals surface area contributed by atoms with Gasteiger partial charge in [-0.1, -0.05) is 44.5 Å². The molecule has 0 aromatic heterocycles. The molecule has 3 nitrogen and oxygen atoms in total. The van der Waals surface area contributed by atoms with Crippen LogP contribution in [0.25, 0.3) is 0 Å². The molecule has 0 spiro atoms. The molecule has 0 bridgehead atoms. The number of nitrogens with one attached hydrogen (secondary N) is 2. The van der Waals surface area contributed by atoms with Gasteiger partial charge in [-0.2, -0.15) is 0 Å². The van der Waals surface area contributed by atoms with E-state index >= 15 is 0 Å². The molecule has 22 heavy (non-hydrogen) atoms. The van der Waals surface area contributed by atoms with Crippen LogP contribution in [0.15, 0.2) is 24.3 Å². The Labute approximate surface area is 138 Å². The minimum absolute atomic E-state index is 0.0161. The fourth-order valence-electron chi connectivity index (χ4n) is 2.80. The van der Waals surface area contributed by atoms with Crippen LogP contribution in [0.3, 0.4) is 0 Å². The molecule has 2 rings (SSSR count). The molecule has 2 N–H and O–H groups in total. The summed E-state index contributed by atoms with van der Waals surface area (Å²) in [6, 6.07) is 8.02. The van der Waals surface area contributed by atoms with Gasteiger partial charge in [-0.25, -0.2) is 0 Å². The van der Waals surface area contributed by atoms with Gasteiger partial charge in [0.15, 0.2) is 0 Å². The zero-order valence-electron chi connectivity index (χ0n) is 13.8. The quantitative estimate of drug-likeness (QED) is 0.892. The van der Waals surface area contributed by atoms with Crippen molar-refractivity contribution in [3.05, 3.63) is 34.9 Å². The second-order valence-electron chi connectivity index (χ2n) is 7.28. The summed E-state index contributed by atoms with van der Waals surface area (Å²) in [5, 5.41) is 7.34. The van der Waals surface area contributed by atoms with Crippen LogP contribution in [0.5, 0.6) is 0 Å². The van der Waals surface area contributed by atoms with Crippen LogP contribution in [-0.4, -0.2) is 25.0 Å². The third-order valence-corrected chi connectivity index (χ3v) is 4.68. The zero-order valence-corrected chi connectivity index (χ0v) is 14.5. The Morgan fingerprint density at radius 2 is 1.86 bits per heavy atom. The maximum Gasteiger partial charge on any atom is 0.223 e. The number of rotatable bonds is 4. The van der Waals surface area contributed by atoms with Gasteiger partial charge in [-0.15, -0.1) is 0 Å². The molecule has 1 aromatic rings. The van der Waals surface area contributed by atoms with E-state index in [1.165, 1.54) is 5.56 Å². The van der Waals surface area contributed by atoms with E-state index in [4.69, 9.17) is 11.6 Å². The predicted molar refractivity (Wildman–Crippen MR) is 92.1 cm³/mol. The Kier molecular flexibility index (Phi) is 5.87. The summed E-state index contributed by atoms with van der Waals surface area (Å²) in [6.45, 7) is 8.41. The van der Waals surface area contributed by atoms with Crippen molar-refractivity contribution in [1.82, 2.24) is 10.6 Å². The zero-order chi connectivity index (χ0) is 16.2. The molecule has 1 aliphatic rings. The van der Waals surface area contributed by atoms with E-state index in [0.717, 1.165) is 37.4 Å². The Morgan fingerprint density at radius 1 is 1.27 bits per heavy atom. The van der Waals surface area contributed by atoms with Crippen molar-refractivity contribution in [2.45, 2.75) is 46.1 Å². The number of benzene rings is 1. The summed E-state index contributed by atoms with van der Waals surface area (Å²) in [5.74, 6) is 0.353. The van der Waals surface area contributed by atoms with E-state index in [-0.39, 0.29) is 23.3 Å². The van der Waals surface area contributed by atoms with Crippen molar-refractivity contribution < 1.29 is 4.79 Å². The lowest BCUT2D eigenvalue weighted by atomic mass is 9.82. The summed E-state index contributed by atoms with van der Waals surface area (Å²) in [7, 11) is 0. The van der Waals surface area contributed by atoms with Gasteiger partial charge >= 0.3 is 0 Å². The average Bonchev–Trinajstić information content (AvgIpc) is 2.48. The Bertz CT molecular complexity index is 487. The molecule has 1 aromatic carbocycles. The lowest BCUT2D eigenvalue weighted by Crippen LogP contribution is -2.48. The van der Waals surface area contributed by atoms with Crippen LogP contribution in [0.4, 0.5) is 0 Å². The highest BCUT2D eigenvalue weighted by atomic mass is 35.5. The molecule has 0 aliphatic carbocycles. The van der Waals surface area contributed by atoms with Gasteiger partial charge in [0.05, 0.1) is 0 Å². The minimum Gasteiger partial charge on any atom is -0.352 e. The first-order chi connectivity index (χ1) is 10.4. The van der Waals surface area contributed by atoms with Crippen molar-refractivity contribution in [3.63, 3.8) is 0 Å². The molecule has 0 unspecified atom stereocenters. The summed E-state index contributed by atoms with van der Waals surface area (Å²) >= 11 is 5.95. The smallest absolute Gasteiger partial charge is 0.223 e. The maximum atomic E-state index is 12.5. The summed E-state index contributed by atoms with van der Waals surface area (Å²) in [4.78, 5) is 12.5. The molecule has 1 aliphatic heterocycles. The number of carbonyl (C=O) groups excluding carboxylic acids is 1. The van der Waals surface area contributed by atoms with E-state index in [1.54, 1.807) is 0 Å². The molecule has 0 saturated carbocycles. The second-order valence-corrected chi connectivity index (χ2v) is 7.72. The fourth-order valence-corrected chi connectivity index (χ4v) is 2.93. The summed E-state index contributed by atoms with van der Waals surface area (Å²) in [5.41, 5.74) is 1.22. The molecule has 122 valence electrons. The fraction of sp³-hybridized carbons (Fsp3) is 0.611. The number of hydrogen-bond donors (Lipinski definition) is 2. The van der Waals surface area contributed by atoms with Gasteiger partial charge in [0.25, 0.3) is 0 Å². The molecule has 1 fully saturated rings. The molecule has 1 atom stereocenters. The number of halogens is 1. The predicted octanol–water partition coefficient (Wildman–Crippen LogP) is 3.41. The molecular formula is C18H27ClN2O. The minimum atomic E-state index is 0.0161. The van der Waals surface area contributed by atoms with Gasteiger partial charge in [0.1, 0.15) is 0 Å². The topological polar surface area (TPSA) is 41.1 Å². The Morgan fingerprint density at radius 3 is 2.41 bits per heavy atom. The number of amides is 1. The highest BCUT2D eigenvalue weighted by Gasteiger charge is 2.29. The lowest BCUT2D eigenvalue weighted by Gasteiger charge is -2.34. The van der Waals surface area contributed by atoms with E-state index in [0.29, 0.717) is 0 Å². The van der Waals surface area contributed by atoms with E-state index < -0.39 is 0 Å². The summed E-state index contributed by atoms with van der Waals surface area (Å²) < 4.78 is 0. The van der Waals surface area contributed by atoms with Crippen LogP contribution in [0.1, 0.15) is 39.2 Å². The largest absolute Gasteiger partial charge is 0.352 e. The molecule has 1 saturated heterocycles. The lowest BCUT2D eigenvalue weighted by molar-refractivity contribution is -0.127. The van der Waals surface area contributed by atoms with Crippen LogP contribution < -0.4 is 10.6 Å². The van der Waals surface area contributed by atoms with Crippen molar-refractivity contribution in [1.29, 1.82) is 0 Å². The van der Waals surface area contributed by atoms with E-state index in [9.17, 15) is 4.79 Å².